The number of amides is 1. The molecule has 6 nitrogen and oxygen atoms in total. The molecule has 1 N–H and O–H groups in total. The molecule has 0 radical (unpaired) electrons. The van der Waals surface area contributed by atoms with Gasteiger partial charge in [0.2, 0.25) is 0 Å². The molecule has 1 aromatic carbocycles. The molecule has 1 aromatic heterocycles. The minimum atomic E-state index is -0.178. The SMILES string of the molecule is Cc1onc(C(=O)NC[C@H](C)c2ccccc2)c1CN1CCOCC1. The molecule has 2 aromatic rings. The van der Waals surface area contributed by atoms with Crippen LogP contribution in [0.15, 0.2) is 34.9 Å². The Morgan fingerprint density at radius 2 is 2.00 bits per heavy atom. The molecule has 0 saturated carbocycles. The zero-order valence-corrected chi connectivity index (χ0v) is 14.8. The molecule has 1 amide bonds. The number of aryl methyl sites for hydroxylation is 1. The average molecular weight is 343 g/mol. The monoisotopic (exact) mass is 343 g/mol. The van der Waals surface area contributed by atoms with Crippen molar-refractivity contribution in [1.82, 2.24) is 15.4 Å². The molecule has 2 heterocycles. The predicted molar refractivity (Wildman–Crippen MR) is 94.5 cm³/mol. The fraction of sp³-hybridized carbons (Fsp3) is 0.474. The second kappa shape index (κ2) is 8.27. The Bertz CT molecular complexity index is 693. The van der Waals surface area contributed by atoms with Crippen LogP contribution in [0.25, 0.3) is 0 Å². The number of carbonyl (C=O) groups is 1. The number of morpholine rings is 1. The van der Waals surface area contributed by atoms with Crippen molar-refractivity contribution >= 4 is 5.91 Å². The molecular formula is C19H25N3O3. The molecule has 3 rings (SSSR count). The van der Waals surface area contributed by atoms with Gasteiger partial charge in [-0.15, -0.1) is 0 Å². The fourth-order valence-electron chi connectivity index (χ4n) is 2.97. The predicted octanol–water partition coefficient (Wildman–Crippen LogP) is 2.35. The summed E-state index contributed by atoms with van der Waals surface area (Å²) in [7, 11) is 0. The summed E-state index contributed by atoms with van der Waals surface area (Å²) in [6.07, 6.45) is 0. The largest absolute Gasteiger partial charge is 0.379 e. The highest BCUT2D eigenvalue weighted by atomic mass is 16.5. The maximum atomic E-state index is 12.6. The summed E-state index contributed by atoms with van der Waals surface area (Å²) < 4.78 is 10.7. The van der Waals surface area contributed by atoms with Crippen LogP contribution in [0.2, 0.25) is 0 Å². The van der Waals surface area contributed by atoms with Crippen molar-refractivity contribution in [1.29, 1.82) is 0 Å². The molecule has 0 unspecified atom stereocenters. The first-order chi connectivity index (χ1) is 12.1. The van der Waals surface area contributed by atoms with E-state index < -0.39 is 0 Å². The third-order valence-electron chi connectivity index (χ3n) is 4.62. The lowest BCUT2D eigenvalue weighted by atomic mass is 10.0. The van der Waals surface area contributed by atoms with Gasteiger partial charge in [-0.3, -0.25) is 9.69 Å². The van der Waals surface area contributed by atoms with Crippen molar-refractivity contribution in [3.05, 3.63) is 52.9 Å². The second-order valence-corrected chi connectivity index (χ2v) is 6.48. The summed E-state index contributed by atoms with van der Waals surface area (Å²) in [6.45, 7) is 8.33. The molecule has 6 heteroatoms. The molecule has 1 fully saturated rings. The van der Waals surface area contributed by atoms with E-state index in [0.29, 0.717) is 24.5 Å². The number of hydrogen-bond donors (Lipinski definition) is 1. The van der Waals surface area contributed by atoms with Crippen molar-refractivity contribution in [3.63, 3.8) is 0 Å². The Kier molecular flexibility index (Phi) is 5.83. The third kappa shape index (κ3) is 4.46. The number of hydrogen-bond acceptors (Lipinski definition) is 5. The van der Waals surface area contributed by atoms with Gasteiger partial charge in [0.25, 0.3) is 5.91 Å². The van der Waals surface area contributed by atoms with Gasteiger partial charge in [-0.05, 0) is 18.4 Å². The van der Waals surface area contributed by atoms with Gasteiger partial charge in [0.1, 0.15) is 5.76 Å². The minimum Gasteiger partial charge on any atom is -0.379 e. The second-order valence-electron chi connectivity index (χ2n) is 6.48. The summed E-state index contributed by atoms with van der Waals surface area (Å²) in [5, 5.41) is 6.97. The minimum absolute atomic E-state index is 0.178. The van der Waals surface area contributed by atoms with E-state index in [4.69, 9.17) is 9.26 Å². The van der Waals surface area contributed by atoms with E-state index in [2.05, 4.69) is 34.4 Å². The highest BCUT2D eigenvalue weighted by Gasteiger charge is 2.23. The quantitative estimate of drug-likeness (QED) is 0.872. The van der Waals surface area contributed by atoms with E-state index in [0.717, 1.165) is 31.9 Å². The van der Waals surface area contributed by atoms with Gasteiger partial charge in [0, 0.05) is 31.7 Å². The van der Waals surface area contributed by atoms with Crippen LogP contribution in [0.5, 0.6) is 0 Å². The van der Waals surface area contributed by atoms with Gasteiger partial charge in [0.15, 0.2) is 5.69 Å². The van der Waals surface area contributed by atoms with E-state index in [-0.39, 0.29) is 11.8 Å². The van der Waals surface area contributed by atoms with Crippen molar-refractivity contribution in [2.24, 2.45) is 0 Å². The summed E-state index contributed by atoms with van der Waals surface area (Å²) >= 11 is 0. The van der Waals surface area contributed by atoms with Gasteiger partial charge < -0.3 is 14.6 Å². The standard InChI is InChI=1S/C19H25N3O3/c1-14(16-6-4-3-5-7-16)12-20-19(23)18-17(15(2)25-21-18)13-22-8-10-24-11-9-22/h3-7,14H,8-13H2,1-2H3,(H,20,23)/t14-/m0/s1. The molecule has 1 atom stereocenters. The maximum Gasteiger partial charge on any atom is 0.273 e. The Hall–Kier alpha value is -2.18. The number of ether oxygens (including phenoxy) is 1. The van der Waals surface area contributed by atoms with Crippen LogP contribution in [-0.4, -0.2) is 48.8 Å². The van der Waals surface area contributed by atoms with Crippen LogP contribution in [0.1, 0.15) is 40.2 Å². The molecule has 1 saturated heterocycles. The van der Waals surface area contributed by atoms with Crippen LogP contribution >= 0.6 is 0 Å². The molecule has 0 bridgehead atoms. The van der Waals surface area contributed by atoms with E-state index in [9.17, 15) is 4.79 Å². The summed E-state index contributed by atoms with van der Waals surface area (Å²) in [6, 6.07) is 10.1. The van der Waals surface area contributed by atoms with Crippen molar-refractivity contribution < 1.29 is 14.1 Å². The van der Waals surface area contributed by atoms with Gasteiger partial charge in [-0.1, -0.05) is 42.4 Å². The van der Waals surface area contributed by atoms with Crippen LogP contribution in [-0.2, 0) is 11.3 Å². The lowest BCUT2D eigenvalue weighted by molar-refractivity contribution is 0.0339. The molecular weight excluding hydrogens is 318 g/mol. The Labute approximate surface area is 148 Å². The number of carbonyl (C=O) groups excluding carboxylic acids is 1. The first-order valence-electron chi connectivity index (χ1n) is 8.73. The van der Waals surface area contributed by atoms with Gasteiger partial charge in [-0.2, -0.15) is 0 Å². The number of nitrogens with one attached hydrogen (secondary N) is 1. The van der Waals surface area contributed by atoms with Gasteiger partial charge in [0.05, 0.1) is 13.2 Å². The van der Waals surface area contributed by atoms with Gasteiger partial charge >= 0.3 is 0 Å². The zero-order chi connectivity index (χ0) is 17.6. The molecule has 0 aliphatic carbocycles. The molecule has 0 spiro atoms. The molecule has 1 aliphatic heterocycles. The topological polar surface area (TPSA) is 67.6 Å². The normalized spacial score (nSPS) is 16.6. The molecule has 134 valence electrons. The van der Waals surface area contributed by atoms with Crippen LogP contribution in [0.3, 0.4) is 0 Å². The highest BCUT2D eigenvalue weighted by Crippen LogP contribution is 2.18. The van der Waals surface area contributed by atoms with Crippen LogP contribution in [0.4, 0.5) is 0 Å². The van der Waals surface area contributed by atoms with Crippen LogP contribution in [0, 0.1) is 6.92 Å². The average Bonchev–Trinajstić information content (AvgIpc) is 3.01. The lowest BCUT2D eigenvalue weighted by Gasteiger charge is -2.26. The third-order valence-corrected chi connectivity index (χ3v) is 4.62. The van der Waals surface area contributed by atoms with Crippen molar-refractivity contribution in [3.8, 4) is 0 Å². The summed E-state index contributed by atoms with van der Waals surface area (Å²) in [5.41, 5.74) is 2.46. The Morgan fingerprint density at radius 3 is 2.72 bits per heavy atom. The first kappa shape index (κ1) is 17.6. The molecule has 25 heavy (non-hydrogen) atoms. The number of benzene rings is 1. The first-order valence-corrected chi connectivity index (χ1v) is 8.73. The fourth-order valence-corrected chi connectivity index (χ4v) is 2.97. The Morgan fingerprint density at radius 1 is 1.28 bits per heavy atom. The van der Waals surface area contributed by atoms with E-state index in [1.54, 1.807) is 0 Å². The van der Waals surface area contributed by atoms with Gasteiger partial charge in [-0.25, -0.2) is 0 Å². The lowest BCUT2D eigenvalue weighted by Crippen LogP contribution is -2.36. The highest BCUT2D eigenvalue weighted by molar-refractivity contribution is 5.93. The summed E-state index contributed by atoms with van der Waals surface area (Å²) in [5.74, 6) is 0.761. The number of aromatic nitrogens is 1. The summed E-state index contributed by atoms with van der Waals surface area (Å²) in [4.78, 5) is 14.8. The Balaban J connectivity index is 1.62. The number of nitrogens with zero attached hydrogens (tertiary/aromatic N) is 2. The van der Waals surface area contributed by atoms with E-state index in [1.165, 1.54) is 5.56 Å². The smallest absolute Gasteiger partial charge is 0.273 e. The van der Waals surface area contributed by atoms with Crippen molar-refractivity contribution in [2.75, 3.05) is 32.8 Å². The maximum absolute atomic E-state index is 12.6. The van der Waals surface area contributed by atoms with E-state index >= 15 is 0 Å². The van der Waals surface area contributed by atoms with E-state index in [1.807, 2.05) is 25.1 Å². The zero-order valence-electron chi connectivity index (χ0n) is 14.8. The van der Waals surface area contributed by atoms with Crippen molar-refractivity contribution in [2.45, 2.75) is 26.3 Å². The number of rotatable bonds is 6. The van der Waals surface area contributed by atoms with Crippen LogP contribution < -0.4 is 5.32 Å². The molecule has 1 aliphatic rings.